The van der Waals surface area contributed by atoms with Gasteiger partial charge in [-0.3, -0.25) is 9.59 Å². The van der Waals surface area contributed by atoms with E-state index in [4.69, 9.17) is 10.2 Å². The predicted molar refractivity (Wildman–Crippen MR) is 59.9 cm³/mol. The minimum atomic E-state index is -1.26. The highest BCUT2D eigenvalue weighted by Gasteiger charge is 2.40. The molecule has 98 valence electrons. The third kappa shape index (κ3) is 4.48. The van der Waals surface area contributed by atoms with Crippen LogP contribution in [0, 0.1) is 11.8 Å². The second-order valence-corrected chi connectivity index (χ2v) is 4.42. The minimum Gasteiger partial charge on any atom is -0.478 e. The third-order valence-electron chi connectivity index (χ3n) is 2.99. The van der Waals surface area contributed by atoms with Crippen molar-refractivity contribution in [1.29, 1.82) is 0 Å². The zero-order valence-electron chi connectivity index (χ0n) is 9.67. The summed E-state index contributed by atoms with van der Waals surface area (Å²) in [5.41, 5.74) is 0. The number of hydrogen-bond acceptors (Lipinski definition) is 4. The average molecular weight is 254 g/mol. The van der Waals surface area contributed by atoms with Gasteiger partial charge in [0.2, 0.25) is 0 Å². The lowest BCUT2D eigenvalue weighted by Crippen LogP contribution is -1.96. The Morgan fingerprint density at radius 2 is 1.11 bits per heavy atom. The summed E-state index contributed by atoms with van der Waals surface area (Å²) < 4.78 is 0. The second-order valence-electron chi connectivity index (χ2n) is 4.42. The Morgan fingerprint density at radius 3 is 1.33 bits per heavy atom. The summed E-state index contributed by atoms with van der Waals surface area (Å²) in [5, 5.41) is 15.6. The van der Waals surface area contributed by atoms with E-state index in [1.54, 1.807) is 0 Å². The number of carboxylic acid groups (broad SMARTS) is 2. The van der Waals surface area contributed by atoms with Crippen LogP contribution in [0.3, 0.4) is 0 Å². The van der Waals surface area contributed by atoms with Gasteiger partial charge in [-0.1, -0.05) is 0 Å². The van der Waals surface area contributed by atoms with E-state index >= 15 is 0 Å². The smallest absolute Gasteiger partial charge is 0.328 e. The van der Waals surface area contributed by atoms with Crippen LogP contribution in [0.1, 0.15) is 25.7 Å². The van der Waals surface area contributed by atoms with Gasteiger partial charge in [-0.05, 0) is 11.8 Å². The predicted octanol–water partition coefficient (Wildman–Crippen LogP) is 0.656. The molecular weight excluding hydrogens is 240 g/mol. The first-order valence-electron chi connectivity index (χ1n) is 5.55. The molecule has 0 aromatic rings. The van der Waals surface area contributed by atoms with Crippen LogP contribution in [0.15, 0.2) is 12.2 Å². The van der Waals surface area contributed by atoms with Crippen LogP contribution >= 0.6 is 0 Å². The molecule has 2 rings (SSSR count). The molecular formula is C12H14O6. The molecule has 0 heterocycles. The molecule has 18 heavy (non-hydrogen) atoms. The Kier molecular flexibility index (Phi) is 4.76. The fourth-order valence-electron chi connectivity index (χ4n) is 2.29. The molecule has 0 bridgehead atoms. The number of carboxylic acids is 2. The number of aliphatic carboxylic acids is 2. The highest BCUT2D eigenvalue weighted by Crippen LogP contribution is 2.40. The van der Waals surface area contributed by atoms with Gasteiger partial charge in [0.25, 0.3) is 0 Å². The van der Waals surface area contributed by atoms with Crippen LogP contribution in [-0.4, -0.2) is 33.7 Å². The number of fused-ring (bicyclic) bond motifs is 1. The van der Waals surface area contributed by atoms with E-state index in [0.29, 0.717) is 61.2 Å². The standard InChI is InChI=1S/C8H10O2.C4H4O4/c9-7-1-5-2-8(10)4-6(5)3-7;5-3(6)1-2-4(7)8/h5-6H,1-4H2;1-2H,(H,5,6)(H,7,8)/t5-,6+;. The fraction of sp³-hybridized carbons (Fsp3) is 0.500. The normalized spacial score (nSPS) is 25.8. The molecule has 2 aliphatic carbocycles. The van der Waals surface area contributed by atoms with Crippen molar-refractivity contribution in [2.75, 3.05) is 0 Å². The first-order valence-corrected chi connectivity index (χ1v) is 5.55. The largest absolute Gasteiger partial charge is 0.478 e. The second kappa shape index (κ2) is 6.09. The van der Waals surface area contributed by atoms with E-state index in [-0.39, 0.29) is 0 Å². The molecule has 2 fully saturated rings. The first kappa shape index (κ1) is 14.1. The number of carbonyl (C=O) groups is 4. The van der Waals surface area contributed by atoms with E-state index in [2.05, 4.69) is 0 Å². The summed E-state index contributed by atoms with van der Waals surface area (Å²) in [6.07, 6.45) is 3.82. The van der Waals surface area contributed by atoms with Crippen molar-refractivity contribution in [3.63, 3.8) is 0 Å². The maximum Gasteiger partial charge on any atom is 0.328 e. The summed E-state index contributed by atoms with van der Waals surface area (Å²) in [4.78, 5) is 40.8. The molecule has 2 saturated carbocycles. The Morgan fingerprint density at radius 1 is 0.833 bits per heavy atom. The van der Waals surface area contributed by atoms with Gasteiger partial charge < -0.3 is 10.2 Å². The average Bonchev–Trinajstić information content (AvgIpc) is 2.71. The topological polar surface area (TPSA) is 109 Å². The van der Waals surface area contributed by atoms with Gasteiger partial charge in [-0.15, -0.1) is 0 Å². The van der Waals surface area contributed by atoms with Crippen LogP contribution in [-0.2, 0) is 19.2 Å². The number of Topliss-reactive ketones (excluding diaryl/α,β-unsaturated/α-hetero) is 2. The molecule has 0 amide bonds. The summed E-state index contributed by atoms with van der Waals surface area (Å²) in [5.74, 6) is -0.926. The van der Waals surface area contributed by atoms with Gasteiger partial charge in [0, 0.05) is 37.8 Å². The molecule has 6 heteroatoms. The molecule has 0 saturated heterocycles. The third-order valence-corrected chi connectivity index (χ3v) is 2.99. The monoisotopic (exact) mass is 254 g/mol. The van der Waals surface area contributed by atoms with Crippen LogP contribution in [0.4, 0.5) is 0 Å². The Hall–Kier alpha value is -1.98. The van der Waals surface area contributed by atoms with E-state index < -0.39 is 11.9 Å². The molecule has 0 atom stereocenters. The molecule has 0 unspecified atom stereocenters. The van der Waals surface area contributed by atoms with Crippen molar-refractivity contribution in [3.05, 3.63) is 12.2 Å². The highest BCUT2D eigenvalue weighted by atomic mass is 16.4. The van der Waals surface area contributed by atoms with Crippen LogP contribution < -0.4 is 0 Å². The van der Waals surface area contributed by atoms with E-state index in [0.717, 1.165) is 0 Å². The van der Waals surface area contributed by atoms with Crippen molar-refractivity contribution in [2.24, 2.45) is 11.8 Å². The van der Waals surface area contributed by atoms with Gasteiger partial charge in [0.05, 0.1) is 0 Å². The highest BCUT2D eigenvalue weighted by molar-refractivity contribution is 5.89. The van der Waals surface area contributed by atoms with E-state index in [9.17, 15) is 19.2 Å². The lowest BCUT2D eigenvalue weighted by Gasteiger charge is -2.01. The maximum absolute atomic E-state index is 10.9. The van der Waals surface area contributed by atoms with Gasteiger partial charge in [0.15, 0.2) is 0 Å². The molecule has 6 nitrogen and oxygen atoms in total. The van der Waals surface area contributed by atoms with Crippen LogP contribution in [0.5, 0.6) is 0 Å². The molecule has 0 spiro atoms. The molecule has 0 aliphatic heterocycles. The Balaban J connectivity index is 0.000000187. The quantitative estimate of drug-likeness (QED) is 0.700. The molecule has 2 aliphatic rings. The van der Waals surface area contributed by atoms with Crippen molar-refractivity contribution >= 4 is 23.5 Å². The number of hydrogen-bond donors (Lipinski definition) is 2. The maximum atomic E-state index is 10.9. The summed E-state index contributed by atoms with van der Waals surface area (Å²) in [6, 6.07) is 0. The Bertz CT molecular complexity index is 355. The SMILES string of the molecule is O=C(O)C=CC(=O)O.O=C1C[C@H]2CC(=O)C[C@H]2C1. The summed E-state index contributed by atoms with van der Waals surface area (Å²) in [6.45, 7) is 0. The zero-order chi connectivity index (χ0) is 13.7. The number of carbonyl (C=O) groups excluding carboxylic acids is 2. The minimum absolute atomic E-state index is 0.363. The van der Waals surface area contributed by atoms with Gasteiger partial charge in [-0.2, -0.15) is 0 Å². The Labute approximate surface area is 103 Å². The zero-order valence-corrected chi connectivity index (χ0v) is 9.67. The van der Waals surface area contributed by atoms with E-state index in [1.165, 1.54) is 0 Å². The number of rotatable bonds is 2. The van der Waals surface area contributed by atoms with Crippen molar-refractivity contribution in [2.45, 2.75) is 25.7 Å². The fourth-order valence-corrected chi connectivity index (χ4v) is 2.29. The number of ketones is 2. The van der Waals surface area contributed by atoms with Crippen LogP contribution in [0.2, 0.25) is 0 Å². The molecule has 0 radical (unpaired) electrons. The summed E-state index contributed by atoms with van der Waals surface area (Å²) in [7, 11) is 0. The molecule has 0 aromatic heterocycles. The van der Waals surface area contributed by atoms with Crippen LogP contribution in [0.25, 0.3) is 0 Å². The van der Waals surface area contributed by atoms with Crippen molar-refractivity contribution in [1.82, 2.24) is 0 Å². The summed E-state index contributed by atoms with van der Waals surface area (Å²) >= 11 is 0. The van der Waals surface area contributed by atoms with Crippen molar-refractivity contribution < 1.29 is 29.4 Å². The van der Waals surface area contributed by atoms with Gasteiger partial charge in [-0.25, -0.2) is 9.59 Å². The molecule has 2 N–H and O–H groups in total. The lowest BCUT2D eigenvalue weighted by molar-refractivity contribution is -0.134. The van der Waals surface area contributed by atoms with Gasteiger partial charge >= 0.3 is 11.9 Å². The van der Waals surface area contributed by atoms with E-state index in [1.807, 2.05) is 0 Å². The molecule has 0 aromatic carbocycles. The van der Waals surface area contributed by atoms with Crippen molar-refractivity contribution in [3.8, 4) is 0 Å². The van der Waals surface area contributed by atoms with Gasteiger partial charge in [0.1, 0.15) is 11.6 Å². The first-order chi connectivity index (χ1) is 8.38. The lowest BCUT2D eigenvalue weighted by atomic mass is 10.0.